The Morgan fingerprint density at radius 1 is 1.12 bits per heavy atom. The van der Waals surface area contributed by atoms with Crippen molar-refractivity contribution in [3.8, 4) is 0 Å². The SMILES string of the molecule is CCCC(CCC)C(O)C1CCCC(C)C1. The van der Waals surface area contributed by atoms with Crippen LogP contribution in [0.15, 0.2) is 0 Å². The summed E-state index contributed by atoms with van der Waals surface area (Å²) in [5.74, 6) is 1.98. The Kier molecular flexibility index (Phi) is 6.41. The van der Waals surface area contributed by atoms with Crippen LogP contribution in [-0.4, -0.2) is 11.2 Å². The van der Waals surface area contributed by atoms with Crippen LogP contribution in [0.5, 0.6) is 0 Å². The van der Waals surface area contributed by atoms with Crippen LogP contribution < -0.4 is 0 Å². The van der Waals surface area contributed by atoms with E-state index < -0.39 is 0 Å². The highest BCUT2D eigenvalue weighted by Crippen LogP contribution is 2.35. The summed E-state index contributed by atoms with van der Waals surface area (Å²) in [5, 5.41) is 10.5. The third-order valence-electron chi connectivity index (χ3n) is 4.26. The van der Waals surface area contributed by atoms with E-state index in [1.54, 1.807) is 0 Å². The van der Waals surface area contributed by atoms with Crippen molar-refractivity contribution in [2.75, 3.05) is 0 Å². The van der Waals surface area contributed by atoms with Crippen LogP contribution >= 0.6 is 0 Å². The van der Waals surface area contributed by atoms with E-state index in [0.717, 1.165) is 5.92 Å². The minimum Gasteiger partial charge on any atom is -0.393 e. The molecular formula is C15H30O. The van der Waals surface area contributed by atoms with Crippen molar-refractivity contribution < 1.29 is 5.11 Å². The molecule has 0 aromatic rings. The molecule has 1 aliphatic rings. The molecule has 0 aromatic heterocycles. The molecule has 3 unspecified atom stereocenters. The lowest BCUT2D eigenvalue weighted by molar-refractivity contribution is 0.0171. The Morgan fingerprint density at radius 3 is 2.25 bits per heavy atom. The average molecular weight is 226 g/mol. The molecule has 1 rings (SSSR count). The van der Waals surface area contributed by atoms with Crippen molar-refractivity contribution in [2.24, 2.45) is 17.8 Å². The summed E-state index contributed by atoms with van der Waals surface area (Å²) in [6, 6.07) is 0. The van der Waals surface area contributed by atoms with Gasteiger partial charge in [-0.05, 0) is 43.4 Å². The van der Waals surface area contributed by atoms with Gasteiger partial charge in [0.05, 0.1) is 6.10 Å². The summed E-state index contributed by atoms with van der Waals surface area (Å²) in [7, 11) is 0. The predicted octanol–water partition coefficient (Wildman–Crippen LogP) is 4.39. The fourth-order valence-corrected chi connectivity index (χ4v) is 3.40. The lowest BCUT2D eigenvalue weighted by atomic mass is 9.74. The van der Waals surface area contributed by atoms with E-state index in [1.807, 2.05) is 0 Å². The number of hydrogen-bond donors (Lipinski definition) is 1. The van der Waals surface area contributed by atoms with E-state index in [9.17, 15) is 5.11 Å². The van der Waals surface area contributed by atoms with E-state index in [0.29, 0.717) is 11.8 Å². The van der Waals surface area contributed by atoms with Gasteiger partial charge in [0.25, 0.3) is 0 Å². The maximum Gasteiger partial charge on any atom is 0.0596 e. The van der Waals surface area contributed by atoms with Crippen LogP contribution in [-0.2, 0) is 0 Å². The topological polar surface area (TPSA) is 20.2 Å². The van der Waals surface area contributed by atoms with Gasteiger partial charge in [-0.1, -0.05) is 46.5 Å². The number of aliphatic hydroxyl groups is 1. The Bertz CT molecular complexity index is 168. The summed E-state index contributed by atoms with van der Waals surface area (Å²) in [5.41, 5.74) is 0. The highest BCUT2D eigenvalue weighted by atomic mass is 16.3. The molecule has 1 nitrogen and oxygen atoms in total. The monoisotopic (exact) mass is 226 g/mol. The summed E-state index contributed by atoms with van der Waals surface area (Å²) >= 11 is 0. The van der Waals surface area contributed by atoms with Crippen LogP contribution in [0.3, 0.4) is 0 Å². The lowest BCUT2D eigenvalue weighted by Crippen LogP contribution is -2.32. The highest BCUT2D eigenvalue weighted by Gasteiger charge is 2.29. The van der Waals surface area contributed by atoms with Gasteiger partial charge in [0.2, 0.25) is 0 Å². The largest absolute Gasteiger partial charge is 0.393 e. The Morgan fingerprint density at radius 2 is 1.75 bits per heavy atom. The van der Waals surface area contributed by atoms with Crippen molar-refractivity contribution >= 4 is 0 Å². The molecule has 1 fully saturated rings. The summed E-state index contributed by atoms with van der Waals surface area (Å²) in [4.78, 5) is 0. The first-order valence-electron chi connectivity index (χ1n) is 7.37. The van der Waals surface area contributed by atoms with Gasteiger partial charge in [-0.15, -0.1) is 0 Å². The van der Waals surface area contributed by atoms with Crippen molar-refractivity contribution in [3.63, 3.8) is 0 Å². The van der Waals surface area contributed by atoms with Crippen molar-refractivity contribution in [2.45, 2.75) is 78.2 Å². The van der Waals surface area contributed by atoms with Crippen molar-refractivity contribution in [3.05, 3.63) is 0 Å². The zero-order chi connectivity index (χ0) is 12.0. The van der Waals surface area contributed by atoms with Gasteiger partial charge in [0.15, 0.2) is 0 Å². The second kappa shape index (κ2) is 7.32. The summed E-state index contributed by atoms with van der Waals surface area (Å²) in [6.45, 7) is 6.81. The molecule has 3 atom stereocenters. The Labute approximate surface area is 102 Å². The Balaban J connectivity index is 2.47. The fourth-order valence-electron chi connectivity index (χ4n) is 3.40. The van der Waals surface area contributed by atoms with E-state index in [2.05, 4.69) is 20.8 Å². The third-order valence-corrected chi connectivity index (χ3v) is 4.26. The molecular weight excluding hydrogens is 196 g/mol. The second-order valence-electron chi connectivity index (χ2n) is 5.86. The molecule has 96 valence electrons. The molecule has 0 bridgehead atoms. The molecule has 0 heterocycles. The van der Waals surface area contributed by atoms with Crippen LogP contribution in [0.1, 0.15) is 72.1 Å². The first kappa shape index (κ1) is 14.0. The van der Waals surface area contributed by atoms with E-state index in [-0.39, 0.29) is 6.10 Å². The third kappa shape index (κ3) is 4.08. The first-order chi connectivity index (χ1) is 7.69. The van der Waals surface area contributed by atoms with E-state index >= 15 is 0 Å². The van der Waals surface area contributed by atoms with Gasteiger partial charge in [0, 0.05) is 0 Å². The van der Waals surface area contributed by atoms with Crippen LogP contribution in [0, 0.1) is 17.8 Å². The molecule has 0 radical (unpaired) electrons. The number of rotatable bonds is 6. The van der Waals surface area contributed by atoms with Gasteiger partial charge < -0.3 is 5.11 Å². The molecule has 1 N–H and O–H groups in total. The minimum absolute atomic E-state index is 0.0253. The number of aliphatic hydroxyl groups excluding tert-OH is 1. The first-order valence-corrected chi connectivity index (χ1v) is 7.37. The predicted molar refractivity (Wildman–Crippen MR) is 70.4 cm³/mol. The van der Waals surface area contributed by atoms with E-state index in [1.165, 1.54) is 51.4 Å². The lowest BCUT2D eigenvalue weighted by Gasteiger charge is -2.34. The molecule has 0 amide bonds. The molecule has 0 saturated heterocycles. The zero-order valence-electron chi connectivity index (χ0n) is 11.4. The van der Waals surface area contributed by atoms with Gasteiger partial charge in [-0.3, -0.25) is 0 Å². The zero-order valence-corrected chi connectivity index (χ0v) is 11.4. The standard InChI is InChI=1S/C15H30O/c1-4-7-13(8-5-2)15(16)14-10-6-9-12(3)11-14/h12-16H,4-11H2,1-3H3. The number of hydrogen-bond acceptors (Lipinski definition) is 1. The van der Waals surface area contributed by atoms with Gasteiger partial charge in [-0.2, -0.15) is 0 Å². The molecule has 0 spiro atoms. The maximum atomic E-state index is 10.5. The molecule has 0 aliphatic heterocycles. The van der Waals surface area contributed by atoms with Crippen LogP contribution in [0.2, 0.25) is 0 Å². The quantitative estimate of drug-likeness (QED) is 0.712. The Hall–Kier alpha value is -0.0400. The average Bonchev–Trinajstić information content (AvgIpc) is 2.28. The molecule has 16 heavy (non-hydrogen) atoms. The minimum atomic E-state index is -0.0253. The smallest absolute Gasteiger partial charge is 0.0596 e. The van der Waals surface area contributed by atoms with Crippen LogP contribution in [0.4, 0.5) is 0 Å². The normalized spacial score (nSPS) is 28.3. The fraction of sp³-hybridized carbons (Fsp3) is 1.00. The second-order valence-corrected chi connectivity index (χ2v) is 5.86. The molecule has 0 aromatic carbocycles. The molecule has 1 heteroatoms. The molecule has 1 saturated carbocycles. The maximum absolute atomic E-state index is 10.5. The molecule has 1 aliphatic carbocycles. The van der Waals surface area contributed by atoms with Gasteiger partial charge in [-0.25, -0.2) is 0 Å². The van der Waals surface area contributed by atoms with Crippen molar-refractivity contribution in [1.29, 1.82) is 0 Å². The van der Waals surface area contributed by atoms with Gasteiger partial charge in [0.1, 0.15) is 0 Å². The van der Waals surface area contributed by atoms with Crippen molar-refractivity contribution in [1.82, 2.24) is 0 Å². The summed E-state index contributed by atoms with van der Waals surface area (Å²) in [6.07, 6.45) is 10.0. The van der Waals surface area contributed by atoms with E-state index in [4.69, 9.17) is 0 Å². The summed E-state index contributed by atoms with van der Waals surface area (Å²) < 4.78 is 0. The van der Waals surface area contributed by atoms with Gasteiger partial charge >= 0.3 is 0 Å². The highest BCUT2D eigenvalue weighted by molar-refractivity contribution is 4.81. The van der Waals surface area contributed by atoms with Crippen LogP contribution in [0.25, 0.3) is 0 Å².